The Morgan fingerprint density at radius 3 is 2.64 bits per heavy atom. The summed E-state index contributed by atoms with van der Waals surface area (Å²) >= 11 is 0. The molecule has 1 fully saturated rings. The third-order valence-corrected chi connectivity index (χ3v) is 6.69. The fourth-order valence-electron chi connectivity index (χ4n) is 3.03. The minimum atomic E-state index is -3.60. The predicted octanol–water partition coefficient (Wildman–Crippen LogP) is 3.00. The molecule has 1 aromatic carbocycles. The summed E-state index contributed by atoms with van der Waals surface area (Å²) in [5, 5.41) is 0. The second kappa shape index (κ2) is 6.72. The SMILES string of the molecule is C[C@H]1C[C@@H]1c1ccc(/C=C2\N=C(c3cccc(S(=O)(=O)N(C)C)c3)OC2=O)o1. The fraction of sp³-hybridized carbons (Fsp3) is 0.300. The largest absolute Gasteiger partial charge is 0.461 e. The molecule has 28 heavy (non-hydrogen) atoms. The molecule has 2 aliphatic rings. The molecule has 0 amide bonds. The number of cyclic esters (lactones) is 1. The molecule has 0 saturated heterocycles. The molecular weight excluding hydrogens is 380 g/mol. The molecule has 146 valence electrons. The van der Waals surface area contributed by atoms with Crippen LogP contribution in [0.5, 0.6) is 0 Å². The maximum atomic E-state index is 12.3. The van der Waals surface area contributed by atoms with Crippen molar-refractivity contribution in [1.29, 1.82) is 0 Å². The van der Waals surface area contributed by atoms with E-state index in [-0.39, 0.29) is 16.5 Å². The monoisotopic (exact) mass is 400 g/mol. The molecule has 0 radical (unpaired) electrons. The van der Waals surface area contributed by atoms with Crippen LogP contribution in [-0.2, 0) is 19.6 Å². The Bertz CT molecular complexity index is 1110. The number of ether oxygens (including phenoxy) is 1. The lowest BCUT2D eigenvalue weighted by atomic mass is 10.2. The van der Waals surface area contributed by atoms with E-state index in [0.29, 0.717) is 23.2 Å². The molecule has 0 unspecified atom stereocenters. The van der Waals surface area contributed by atoms with Crippen LogP contribution < -0.4 is 0 Å². The van der Waals surface area contributed by atoms with Gasteiger partial charge in [0.2, 0.25) is 15.9 Å². The van der Waals surface area contributed by atoms with Crippen molar-refractivity contribution >= 4 is 28.0 Å². The second-order valence-electron chi connectivity index (χ2n) is 7.21. The summed E-state index contributed by atoms with van der Waals surface area (Å²) in [6, 6.07) is 9.86. The van der Waals surface area contributed by atoms with Crippen molar-refractivity contribution in [2.24, 2.45) is 10.9 Å². The van der Waals surface area contributed by atoms with Crippen LogP contribution in [0.3, 0.4) is 0 Å². The first-order valence-electron chi connectivity index (χ1n) is 8.91. The van der Waals surface area contributed by atoms with Gasteiger partial charge in [0, 0.05) is 31.7 Å². The number of esters is 1. The van der Waals surface area contributed by atoms with Gasteiger partial charge in [-0.15, -0.1) is 0 Å². The number of furan rings is 1. The molecule has 0 spiro atoms. The maximum Gasteiger partial charge on any atom is 0.363 e. The number of nitrogens with zero attached hydrogens (tertiary/aromatic N) is 2. The number of hydrogen-bond acceptors (Lipinski definition) is 6. The molecule has 2 aromatic rings. The van der Waals surface area contributed by atoms with Gasteiger partial charge < -0.3 is 9.15 Å². The summed E-state index contributed by atoms with van der Waals surface area (Å²) in [7, 11) is -0.692. The first-order valence-corrected chi connectivity index (χ1v) is 10.3. The van der Waals surface area contributed by atoms with Gasteiger partial charge in [0.15, 0.2) is 5.70 Å². The topological polar surface area (TPSA) is 89.2 Å². The van der Waals surface area contributed by atoms with Crippen LogP contribution in [0.25, 0.3) is 6.08 Å². The highest BCUT2D eigenvalue weighted by Gasteiger charge is 2.36. The fourth-order valence-corrected chi connectivity index (χ4v) is 3.98. The van der Waals surface area contributed by atoms with E-state index in [1.54, 1.807) is 18.2 Å². The normalized spacial score (nSPS) is 23.2. The zero-order valence-electron chi connectivity index (χ0n) is 15.7. The van der Waals surface area contributed by atoms with Gasteiger partial charge in [0.05, 0.1) is 4.90 Å². The smallest absolute Gasteiger partial charge is 0.363 e. The molecular formula is C20H20N2O5S. The number of aliphatic imine (C=N–C) groups is 1. The molecule has 1 aliphatic carbocycles. The van der Waals surface area contributed by atoms with Gasteiger partial charge in [0.25, 0.3) is 0 Å². The summed E-state index contributed by atoms with van der Waals surface area (Å²) in [5.74, 6) is 1.98. The Morgan fingerprint density at radius 1 is 1.21 bits per heavy atom. The quantitative estimate of drug-likeness (QED) is 0.569. The molecule has 0 bridgehead atoms. The third kappa shape index (κ3) is 3.41. The van der Waals surface area contributed by atoms with Gasteiger partial charge >= 0.3 is 5.97 Å². The average Bonchev–Trinajstić information content (AvgIpc) is 3.04. The highest BCUT2D eigenvalue weighted by molar-refractivity contribution is 7.89. The molecule has 0 N–H and O–H groups in total. The number of rotatable bonds is 5. The van der Waals surface area contributed by atoms with Crippen LogP contribution >= 0.6 is 0 Å². The highest BCUT2D eigenvalue weighted by atomic mass is 32.2. The van der Waals surface area contributed by atoms with E-state index in [2.05, 4.69) is 11.9 Å². The Balaban J connectivity index is 1.62. The van der Waals surface area contributed by atoms with Crippen molar-refractivity contribution in [3.8, 4) is 0 Å². The van der Waals surface area contributed by atoms with E-state index in [4.69, 9.17) is 9.15 Å². The summed E-state index contributed by atoms with van der Waals surface area (Å²) in [4.78, 5) is 16.5. The molecule has 2 atom stereocenters. The summed E-state index contributed by atoms with van der Waals surface area (Å²) in [6.45, 7) is 2.17. The van der Waals surface area contributed by atoms with Crippen LogP contribution in [0.1, 0.15) is 36.3 Å². The Kier molecular flexibility index (Phi) is 4.47. The number of benzene rings is 1. The molecule has 7 nitrogen and oxygen atoms in total. The number of sulfonamides is 1. The van der Waals surface area contributed by atoms with Crippen molar-refractivity contribution in [1.82, 2.24) is 4.31 Å². The Labute approximate surface area is 163 Å². The van der Waals surface area contributed by atoms with Crippen molar-refractivity contribution in [3.05, 3.63) is 59.2 Å². The van der Waals surface area contributed by atoms with Crippen molar-refractivity contribution in [2.75, 3.05) is 14.1 Å². The van der Waals surface area contributed by atoms with Crippen LogP contribution in [0, 0.1) is 5.92 Å². The van der Waals surface area contributed by atoms with Gasteiger partial charge in [-0.3, -0.25) is 0 Å². The lowest BCUT2D eigenvalue weighted by molar-refractivity contribution is -0.129. The lowest BCUT2D eigenvalue weighted by Gasteiger charge is -2.11. The number of carbonyl (C=O) groups is 1. The van der Waals surface area contributed by atoms with Gasteiger partial charge in [-0.05, 0) is 42.7 Å². The standard InChI is InChI=1S/C20H20N2O5S/c1-12-9-16(12)18-8-7-14(26-18)11-17-20(23)27-19(21-17)13-5-4-6-15(10-13)28(24,25)22(2)3/h4-8,10-12,16H,9H2,1-3H3/b17-11-/t12-,16-/m0/s1. The van der Waals surface area contributed by atoms with E-state index in [1.165, 1.54) is 32.3 Å². The molecule has 1 aromatic heterocycles. The number of carbonyl (C=O) groups excluding carboxylic acids is 1. The van der Waals surface area contributed by atoms with Gasteiger partial charge in [-0.1, -0.05) is 13.0 Å². The minimum Gasteiger partial charge on any atom is -0.461 e. The molecule has 2 heterocycles. The van der Waals surface area contributed by atoms with Crippen molar-refractivity contribution in [3.63, 3.8) is 0 Å². The van der Waals surface area contributed by atoms with Crippen LogP contribution in [0.15, 0.2) is 56.4 Å². The summed E-state index contributed by atoms with van der Waals surface area (Å²) < 4.78 is 36.8. The van der Waals surface area contributed by atoms with Crippen LogP contribution in [0.2, 0.25) is 0 Å². The molecule has 1 saturated carbocycles. The van der Waals surface area contributed by atoms with Crippen molar-refractivity contribution < 1.29 is 22.4 Å². The minimum absolute atomic E-state index is 0.0645. The summed E-state index contributed by atoms with van der Waals surface area (Å²) in [5.41, 5.74) is 0.521. The predicted molar refractivity (Wildman–Crippen MR) is 103 cm³/mol. The van der Waals surface area contributed by atoms with Crippen LogP contribution in [-0.4, -0.2) is 38.7 Å². The average molecular weight is 400 g/mol. The zero-order chi connectivity index (χ0) is 20.1. The lowest BCUT2D eigenvalue weighted by Crippen LogP contribution is -2.22. The van der Waals surface area contributed by atoms with Crippen molar-refractivity contribution in [2.45, 2.75) is 24.2 Å². The second-order valence-corrected chi connectivity index (χ2v) is 9.36. The third-order valence-electron chi connectivity index (χ3n) is 4.88. The molecule has 1 aliphatic heterocycles. The Hall–Kier alpha value is -2.71. The van der Waals surface area contributed by atoms with E-state index >= 15 is 0 Å². The van der Waals surface area contributed by atoms with Gasteiger partial charge in [0.1, 0.15) is 11.5 Å². The highest BCUT2D eigenvalue weighted by Crippen LogP contribution is 2.47. The van der Waals surface area contributed by atoms with Gasteiger partial charge in [-0.25, -0.2) is 22.5 Å². The van der Waals surface area contributed by atoms with Crippen LogP contribution in [0.4, 0.5) is 0 Å². The Morgan fingerprint density at radius 2 is 1.96 bits per heavy atom. The van der Waals surface area contributed by atoms with E-state index in [0.717, 1.165) is 16.5 Å². The van der Waals surface area contributed by atoms with E-state index in [9.17, 15) is 13.2 Å². The summed E-state index contributed by atoms with van der Waals surface area (Å²) in [6.07, 6.45) is 2.65. The first kappa shape index (κ1) is 18.6. The number of hydrogen-bond donors (Lipinski definition) is 0. The first-order chi connectivity index (χ1) is 13.3. The molecule has 4 rings (SSSR count). The molecule has 8 heteroatoms. The zero-order valence-corrected chi connectivity index (χ0v) is 16.6. The van der Waals surface area contributed by atoms with E-state index < -0.39 is 16.0 Å². The maximum absolute atomic E-state index is 12.3. The van der Waals surface area contributed by atoms with E-state index in [1.807, 2.05) is 6.07 Å². The van der Waals surface area contributed by atoms with Gasteiger partial charge in [-0.2, -0.15) is 0 Å².